The summed E-state index contributed by atoms with van der Waals surface area (Å²) in [6.07, 6.45) is -4.65. The van der Waals surface area contributed by atoms with E-state index in [1.165, 1.54) is 25.1 Å². The van der Waals surface area contributed by atoms with E-state index in [0.717, 1.165) is 7.11 Å². The van der Waals surface area contributed by atoms with Crippen LogP contribution in [0.3, 0.4) is 0 Å². The van der Waals surface area contributed by atoms with Crippen molar-refractivity contribution in [1.29, 1.82) is 0 Å². The van der Waals surface area contributed by atoms with E-state index in [1.54, 1.807) is 16.1 Å². The molecule has 0 spiro atoms. The predicted molar refractivity (Wildman–Crippen MR) is 110 cm³/mol. The molecule has 16 heteroatoms. The Morgan fingerprint density at radius 3 is 2.39 bits per heavy atom. The first kappa shape index (κ1) is 26.3. The van der Waals surface area contributed by atoms with Gasteiger partial charge in [0.25, 0.3) is 0 Å². The van der Waals surface area contributed by atoms with E-state index in [4.69, 9.17) is 0 Å². The van der Waals surface area contributed by atoms with Gasteiger partial charge in [-0.2, -0.15) is 0 Å². The van der Waals surface area contributed by atoms with Crippen LogP contribution < -0.4 is 19.4 Å². The van der Waals surface area contributed by atoms with Gasteiger partial charge in [-0.1, -0.05) is 0 Å². The summed E-state index contributed by atoms with van der Waals surface area (Å²) in [5, 5.41) is 2.04. The summed E-state index contributed by atoms with van der Waals surface area (Å²) < 4.78 is 73.8. The monoisotopic (exact) mass is 553 g/mol. The number of nitrogens with one attached hydrogen (secondary N) is 2. The number of anilines is 1. The average Bonchev–Trinajstić information content (AvgIpc) is 2.70. The first-order valence-corrected chi connectivity index (χ1v) is 15.1. The van der Waals surface area contributed by atoms with Gasteiger partial charge in [0.15, 0.2) is 0 Å². The fourth-order valence-electron chi connectivity index (χ4n) is 2.39. The standard InChI is InChI=1S/C17H19AsF3N5O6S/c1-9-6-5-7-10(12(27)31-4)11(9)33(29,30)26-15(28)24-14-22-13(18(2)3)23-16(25-14)32-8-17(19,20)21/h5-7H,8H2,1-4H3,(H2,22,23,24,25,26,28). The van der Waals surface area contributed by atoms with Gasteiger partial charge in [0.1, 0.15) is 0 Å². The van der Waals surface area contributed by atoms with E-state index >= 15 is 0 Å². The van der Waals surface area contributed by atoms with E-state index in [0.29, 0.717) is 0 Å². The molecule has 2 N–H and O–H groups in total. The molecular formula is C17H19AsF3N5O6S. The molecule has 0 bridgehead atoms. The van der Waals surface area contributed by atoms with E-state index < -0.39 is 66.3 Å². The average molecular weight is 553 g/mol. The molecule has 1 aromatic heterocycles. The summed E-state index contributed by atoms with van der Waals surface area (Å²) in [6, 6.07) is 2.06. The SMILES string of the molecule is COC(=O)c1cccc(C)c1S(=O)(=O)NC(=O)Nc1nc(OCC(F)(F)F)nc([As](C)C)n1. The van der Waals surface area contributed by atoms with Gasteiger partial charge >= 0.3 is 191 Å². The van der Waals surface area contributed by atoms with Crippen LogP contribution in [0.5, 0.6) is 6.01 Å². The number of rotatable bonds is 7. The van der Waals surface area contributed by atoms with Gasteiger partial charge in [0.2, 0.25) is 0 Å². The van der Waals surface area contributed by atoms with Crippen LogP contribution >= 0.6 is 0 Å². The third-order valence-electron chi connectivity index (χ3n) is 3.71. The second-order valence-corrected chi connectivity index (χ2v) is 12.8. The Bertz CT molecular complexity index is 1160. The maximum absolute atomic E-state index is 12.8. The molecule has 0 aliphatic rings. The van der Waals surface area contributed by atoms with Crippen LogP contribution in [0.4, 0.5) is 23.9 Å². The second-order valence-electron chi connectivity index (χ2n) is 6.54. The molecule has 0 unspecified atom stereocenters. The summed E-state index contributed by atoms with van der Waals surface area (Å²) in [5.41, 5.74) is 3.41. The molecule has 0 aliphatic heterocycles. The van der Waals surface area contributed by atoms with Gasteiger partial charge in [-0.15, -0.1) is 0 Å². The number of alkyl halides is 3. The number of hydrogen-bond donors (Lipinski definition) is 2. The van der Waals surface area contributed by atoms with Crippen LogP contribution in [0.2, 0.25) is 11.4 Å². The number of carbonyl (C=O) groups excluding carboxylic acids is 2. The Kier molecular flexibility index (Phi) is 8.25. The van der Waals surface area contributed by atoms with Crippen LogP contribution in [0, 0.1) is 6.92 Å². The van der Waals surface area contributed by atoms with Crippen LogP contribution in [-0.2, 0) is 14.8 Å². The molecule has 1 heterocycles. The van der Waals surface area contributed by atoms with Crippen molar-refractivity contribution >= 4 is 47.2 Å². The summed E-state index contributed by atoms with van der Waals surface area (Å²) in [5.74, 6) is -1.44. The zero-order chi connectivity index (χ0) is 25.0. The molecule has 2 amide bonds. The number of halogens is 3. The van der Waals surface area contributed by atoms with E-state index in [1.807, 2.05) is 5.32 Å². The van der Waals surface area contributed by atoms with Crippen molar-refractivity contribution in [3.8, 4) is 6.01 Å². The molecule has 1 aromatic carbocycles. The van der Waals surface area contributed by atoms with Crippen molar-refractivity contribution in [1.82, 2.24) is 19.7 Å². The molecule has 180 valence electrons. The number of hydrogen-bond acceptors (Lipinski definition) is 9. The third kappa shape index (κ3) is 7.29. The van der Waals surface area contributed by atoms with E-state index in [-0.39, 0.29) is 15.7 Å². The minimum atomic E-state index is -4.65. The van der Waals surface area contributed by atoms with Crippen LogP contribution in [0.1, 0.15) is 15.9 Å². The molecular weight excluding hydrogens is 534 g/mol. The Hall–Kier alpha value is -2.93. The first-order valence-electron chi connectivity index (χ1n) is 8.88. The van der Waals surface area contributed by atoms with Crippen molar-refractivity contribution in [3.05, 3.63) is 29.3 Å². The molecule has 11 nitrogen and oxygen atoms in total. The van der Waals surface area contributed by atoms with Crippen LogP contribution in [-0.4, -0.2) is 69.9 Å². The van der Waals surface area contributed by atoms with E-state index in [9.17, 15) is 31.2 Å². The molecule has 0 aliphatic carbocycles. The van der Waals surface area contributed by atoms with Crippen molar-refractivity contribution < 1.29 is 40.7 Å². The molecule has 0 saturated heterocycles. The summed E-state index contributed by atoms with van der Waals surface area (Å²) in [7, 11) is -3.50. The van der Waals surface area contributed by atoms with Crippen molar-refractivity contribution in [2.45, 2.75) is 29.4 Å². The molecule has 2 rings (SSSR count). The van der Waals surface area contributed by atoms with Gasteiger partial charge in [0, 0.05) is 0 Å². The summed E-state index contributed by atoms with van der Waals surface area (Å²) >= 11 is -1.85. The number of methoxy groups -OCH3 is 1. The van der Waals surface area contributed by atoms with Gasteiger partial charge in [-0.05, 0) is 0 Å². The molecule has 2 aromatic rings. The van der Waals surface area contributed by atoms with Gasteiger partial charge in [-0.3, -0.25) is 0 Å². The predicted octanol–water partition coefficient (Wildman–Crippen LogP) is 1.38. The topological polar surface area (TPSA) is 149 Å². The zero-order valence-electron chi connectivity index (χ0n) is 17.7. The number of aromatic nitrogens is 3. The van der Waals surface area contributed by atoms with E-state index in [2.05, 4.69) is 24.4 Å². The van der Waals surface area contributed by atoms with Crippen molar-refractivity contribution in [3.63, 3.8) is 0 Å². The fraction of sp³-hybridized carbons (Fsp3) is 0.353. The second kappa shape index (κ2) is 10.3. The normalized spacial score (nSPS) is 11.8. The number of amides is 2. The van der Waals surface area contributed by atoms with Gasteiger partial charge in [-0.25, -0.2) is 0 Å². The Balaban J connectivity index is 2.30. The molecule has 0 saturated carbocycles. The van der Waals surface area contributed by atoms with Gasteiger partial charge in [0.05, 0.1) is 0 Å². The maximum atomic E-state index is 12.8. The third-order valence-corrected chi connectivity index (χ3v) is 7.34. The van der Waals surface area contributed by atoms with Crippen LogP contribution in [0.15, 0.2) is 23.1 Å². The molecule has 0 atom stereocenters. The van der Waals surface area contributed by atoms with Crippen molar-refractivity contribution in [2.24, 2.45) is 0 Å². The van der Waals surface area contributed by atoms with Gasteiger partial charge < -0.3 is 0 Å². The fourth-order valence-corrected chi connectivity index (χ4v) is 4.94. The molecule has 0 radical (unpaired) electrons. The summed E-state index contributed by atoms with van der Waals surface area (Å²) in [4.78, 5) is 35.1. The van der Waals surface area contributed by atoms with Crippen molar-refractivity contribution in [2.75, 3.05) is 19.0 Å². The number of benzene rings is 1. The zero-order valence-corrected chi connectivity index (χ0v) is 20.4. The first-order chi connectivity index (χ1) is 15.2. The number of nitrogens with zero attached hydrogens (tertiary/aromatic N) is 3. The van der Waals surface area contributed by atoms with Crippen LogP contribution in [0.25, 0.3) is 0 Å². The number of urea groups is 1. The Labute approximate surface area is 191 Å². The summed E-state index contributed by atoms with van der Waals surface area (Å²) in [6.45, 7) is -0.255. The minimum absolute atomic E-state index is 0.139. The number of aryl methyl sites for hydroxylation is 1. The Morgan fingerprint density at radius 2 is 1.82 bits per heavy atom. The molecule has 0 fully saturated rings. The number of ether oxygens (including phenoxy) is 2. The number of sulfonamides is 1. The Morgan fingerprint density at radius 1 is 1.15 bits per heavy atom. The number of carbonyl (C=O) groups is 2. The quantitative estimate of drug-likeness (QED) is 0.383. The molecule has 33 heavy (non-hydrogen) atoms. The number of esters is 1.